The van der Waals surface area contributed by atoms with Gasteiger partial charge in [-0.15, -0.1) is 0 Å². The number of thiocarbonyl (C=S) groups is 1. The standard InChI is InChI=1S/C14H14FN3S/c1-8-5-10(15)7-11(6-8)18-14-12(13(16)19)4-3-9(2)17-14/h3-7H,1-2H3,(H2,16,19)(H,17,18). The van der Waals surface area contributed by atoms with Gasteiger partial charge in [0.1, 0.15) is 16.6 Å². The molecule has 0 saturated heterocycles. The number of aromatic nitrogens is 1. The van der Waals surface area contributed by atoms with E-state index in [0.717, 1.165) is 11.3 Å². The largest absolute Gasteiger partial charge is 0.389 e. The number of anilines is 2. The van der Waals surface area contributed by atoms with Crippen LogP contribution in [0.5, 0.6) is 0 Å². The van der Waals surface area contributed by atoms with Crippen LogP contribution in [0.1, 0.15) is 16.8 Å². The third-order valence-electron chi connectivity index (χ3n) is 2.60. The summed E-state index contributed by atoms with van der Waals surface area (Å²) in [6, 6.07) is 8.33. The van der Waals surface area contributed by atoms with Gasteiger partial charge in [-0.05, 0) is 49.7 Å². The normalized spacial score (nSPS) is 10.3. The summed E-state index contributed by atoms with van der Waals surface area (Å²) >= 11 is 4.98. The van der Waals surface area contributed by atoms with Crippen molar-refractivity contribution >= 4 is 28.7 Å². The zero-order valence-corrected chi connectivity index (χ0v) is 11.5. The van der Waals surface area contributed by atoms with Crippen LogP contribution in [0.25, 0.3) is 0 Å². The van der Waals surface area contributed by atoms with Crippen molar-refractivity contribution in [1.29, 1.82) is 0 Å². The van der Waals surface area contributed by atoms with Crippen LogP contribution < -0.4 is 11.1 Å². The first-order valence-electron chi connectivity index (χ1n) is 5.77. The Labute approximate surface area is 116 Å². The number of nitrogens with zero attached hydrogens (tertiary/aromatic N) is 1. The van der Waals surface area contributed by atoms with Gasteiger partial charge in [-0.3, -0.25) is 0 Å². The van der Waals surface area contributed by atoms with Crippen molar-refractivity contribution in [1.82, 2.24) is 4.98 Å². The molecule has 0 aliphatic rings. The van der Waals surface area contributed by atoms with Crippen LogP contribution in [0.2, 0.25) is 0 Å². The van der Waals surface area contributed by atoms with Gasteiger partial charge < -0.3 is 11.1 Å². The lowest BCUT2D eigenvalue weighted by molar-refractivity contribution is 0.627. The van der Waals surface area contributed by atoms with Crippen LogP contribution in [-0.2, 0) is 0 Å². The number of hydrogen-bond acceptors (Lipinski definition) is 3. The molecule has 1 aromatic carbocycles. The second kappa shape index (κ2) is 5.32. The summed E-state index contributed by atoms with van der Waals surface area (Å²) < 4.78 is 13.4. The maximum Gasteiger partial charge on any atom is 0.140 e. The Balaban J connectivity index is 2.42. The Kier molecular flexibility index (Phi) is 3.76. The van der Waals surface area contributed by atoms with E-state index < -0.39 is 0 Å². The number of benzene rings is 1. The molecule has 2 aromatic rings. The highest BCUT2D eigenvalue weighted by Crippen LogP contribution is 2.21. The molecule has 3 nitrogen and oxygen atoms in total. The van der Waals surface area contributed by atoms with Crippen LogP contribution in [0, 0.1) is 19.7 Å². The van der Waals surface area contributed by atoms with Crippen molar-refractivity contribution in [2.75, 3.05) is 5.32 Å². The molecule has 0 spiro atoms. The van der Waals surface area contributed by atoms with Gasteiger partial charge in [-0.25, -0.2) is 9.37 Å². The van der Waals surface area contributed by atoms with Gasteiger partial charge in [0.15, 0.2) is 0 Å². The predicted molar refractivity (Wildman–Crippen MR) is 79.3 cm³/mol. The quantitative estimate of drug-likeness (QED) is 0.845. The molecule has 19 heavy (non-hydrogen) atoms. The molecule has 98 valence electrons. The molecule has 0 amide bonds. The first kappa shape index (κ1) is 13.4. The zero-order chi connectivity index (χ0) is 14.0. The second-order valence-electron chi connectivity index (χ2n) is 4.36. The first-order valence-corrected chi connectivity index (χ1v) is 6.18. The monoisotopic (exact) mass is 275 g/mol. The molecule has 0 radical (unpaired) electrons. The third kappa shape index (κ3) is 3.26. The summed E-state index contributed by atoms with van der Waals surface area (Å²) in [5.41, 5.74) is 8.57. The fourth-order valence-corrected chi connectivity index (χ4v) is 1.96. The Morgan fingerprint density at radius 3 is 2.63 bits per heavy atom. The zero-order valence-electron chi connectivity index (χ0n) is 10.7. The molecular formula is C14H14FN3S. The number of halogens is 1. The Morgan fingerprint density at radius 2 is 2.00 bits per heavy atom. The molecule has 3 N–H and O–H groups in total. The average molecular weight is 275 g/mol. The van der Waals surface area contributed by atoms with Gasteiger partial charge in [0.05, 0.1) is 5.56 Å². The molecular weight excluding hydrogens is 261 g/mol. The summed E-state index contributed by atoms with van der Waals surface area (Å²) in [7, 11) is 0. The summed E-state index contributed by atoms with van der Waals surface area (Å²) in [6.45, 7) is 3.69. The fourth-order valence-electron chi connectivity index (χ4n) is 1.80. The number of nitrogens with two attached hydrogens (primary N) is 1. The Morgan fingerprint density at radius 1 is 1.26 bits per heavy atom. The SMILES string of the molecule is Cc1cc(F)cc(Nc2nc(C)ccc2C(N)=S)c1. The topological polar surface area (TPSA) is 50.9 Å². The van der Waals surface area contributed by atoms with E-state index in [2.05, 4.69) is 10.3 Å². The van der Waals surface area contributed by atoms with E-state index in [9.17, 15) is 4.39 Å². The molecule has 0 atom stereocenters. The minimum absolute atomic E-state index is 0.253. The summed E-state index contributed by atoms with van der Waals surface area (Å²) in [6.07, 6.45) is 0. The first-order chi connectivity index (χ1) is 8.95. The van der Waals surface area contributed by atoms with Crippen LogP contribution in [-0.4, -0.2) is 9.97 Å². The highest BCUT2D eigenvalue weighted by atomic mass is 32.1. The van der Waals surface area contributed by atoms with Crippen molar-refractivity contribution in [3.05, 3.63) is 53.0 Å². The van der Waals surface area contributed by atoms with Gasteiger partial charge in [0.2, 0.25) is 0 Å². The van der Waals surface area contributed by atoms with Gasteiger partial charge in [-0.1, -0.05) is 12.2 Å². The van der Waals surface area contributed by atoms with E-state index >= 15 is 0 Å². The number of pyridine rings is 1. The number of aryl methyl sites for hydroxylation is 2. The Hall–Kier alpha value is -2.01. The molecule has 0 aliphatic heterocycles. The number of hydrogen-bond donors (Lipinski definition) is 2. The lowest BCUT2D eigenvalue weighted by atomic mass is 10.2. The smallest absolute Gasteiger partial charge is 0.140 e. The van der Waals surface area contributed by atoms with Crippen molar-refractivity contribution in [2.45, 2.75) is 13.8 Å². The summed E-state index contributed by atoms with van der Waals surface area (Å²) in [5.74, 6) is 0.240. The number of nitrogens with one attached hydrogen (secondary N) is 1. The number of rotatable bonds is 3. The summed E-state index contributed by atoms with van der Waals surface area (Å²) in [4.78, 5) is 4.60. The fraction of sp³-hybridized carbons (Fsp3) is 0.143. The van der Waals surface area contributed by atoms with E-state index in [1.165, 1.54) is 12.1 Å². The maximum atomic E-state index is 13.4. The van der Waals surface area contributed by atoms with Crippen LogP contribution >= 0.6 is 12.2 Å². The van der Waals surface area contributed by atoms with Crippen molar-refractivity contribution in [3.8, 4) is 0 Å². The van der Waals surface area contributed by atoms with Gasteiger partial charge in [0, 0.05) is 11.4 Å². The van der Waals surface area contributed by atoms with E-state index in [0.29, 0.717) is 17.1 Å². The van der Waals surface area contributed by atoms with Gasteiger partial charge >= 0.3 is 0 Å². The van der Waals surface area contributed by atoms with Crippen molar-refractivity contribution in [3.63, 3.8) is 0 Å². The lowest BCUT2D eigenvalue weighted by Crippen LogP contribution is -2.13. The van der Waals surface area contributed by atoms with E-state index in [4.69, 9.17) is 18.0 Å². The Bertz CT molecular complexity index is 620. The molecule has 0 saturated carbocycles. The van der Waals surface area contributed by atoms with E-state index in [1.54, 1.807) is 6.07 Å². The van der Waals surface area contributed by atoms with Crippen LogP contribution in [0.4, 0.5) is 15.9 Å². The average Bonchev–Trinajstić information content (AvgIpc) is 2.26. The minimum atomic E-state index is -0.299. The van der Waals surface area contributed by atoms with Crippen molar-refractivity contribution in [2.24, 2.45) is 5.73 Å². The van der Waals surface area contributed by atoms with Crippen molar-refractivity contribution < 1.29 is 4.39 Å². The molecule has 2 rings (SSSR count). The molecule has 1 aromatic heterocycles. The third-order valence-corrected chi connectivity index (χ3v) is 2.82. The van der Waals surface area contributed by atoms with Crippen LogP contribution in [0.3, 0.4) is 0 Å². The van der Waals surface area contributed by atoms with Gasteiger partial charge in [0.25, 0.3) is 0 Å². The maximum absolute atomic E-state index is 13.4. The highest BCUT2D eigenvalue weighted by molar-refractivity contribution is 7.80. The van der Waals surface area contributed by atoms with Gasteiger partial charge in [-0.2, -0.15) is 0 Å². The van der Waals surface area contributed by atoms with E-state index in [1.807, 2.05) is 26.0 Å². The minimum Gasteiger partial charge on any atom is -0.389 e. The van der Waals surface area contributed by atoms with Crippen LogP contribution in [0.15, 0.2) is 30.3 Å². The molecule has 0 bridgehead atoms. The second-order valence-corrected chi connectivity index (χ2v) is 4.80. The molecule has 0 unspecified atom stereocenters. The summed E-state index contributed by atoms with van der Waals surface area (Å²) in [5, 5.41) is 3.06. The lowest BCUT2D eigenvalue weighted by Gasteiger charge is -2.11. The molecule has 0 fully saturated rings. The molecule has 0 aliphatic carbocycles. The highest BCUT2D eigenvalue weighted by Gasteiger charge is 2.08. The predicted octanol–water partition coefficient (Wildman–Crippen LogP) is 3.22. The molecule has 5 heteroatoms. The molecule has 1 heterocycles. The van der Waals surface area contributed by atoms with E-state index in [-0.39, 0.29) is 10.8 Å².